The van der Waals surface area contributed by atoms with E-state index in [1.807, 2.05) is 0 Å². The molecule has 2 aromatic rings. The summed E-state index contributed by atoms with van der Waals surface area (Å²) in [6.07, 6.45) is 5.56. The van der Waals surface area contributed by atoms with Crippen LogP contribution < -0.4 is 0 Å². The molecule has 0 atom stereocenters. The number of rotatable bonds is 2. The number of alkyl halides is 2. The first-order valence-corrected chi connectivity index (χ1v) is 6.94. The van der Waals surface area contributed by atoms with Crippen molar-refractivity contribution < 1.29 is 13.6 Å². The highest BCUT2D eigenvalue weighted by Crippen LogP contribution is 2.28. The average molecular weight is 304 g/mol. The first-order valence-electron chi connectivity index (χ1n) is 6.94. The second-order valence-corrected chi connectivity index (χ2v) is 5.21. The summed E-state index contributed by atoms with van der Waals surface area (Å²) < 4.78 is 26.3. The van der Waals surface area contributed by atoms with E-state index in [0.29, 0.717) is 16.8 Å². The number of halogens is 2. The van der Waals surface area contributed by atoms with Gasteiger partial charge in [0.1, 0.15) is 6.33 Å². The number of amides is 1. The van der Waals surface area contributed by atoms with Gasteiger partial charge in [-0.05, 0) is 12.1 Å². The van der Waals surface area contributed by atoms with E-state index in [4.69, 9.17) is 0 Å². The normalized spacial score (nSPS) is 17.3. The molecule has 0 radical (unpaired) electrons. The Morgan fingerprint density at radius 1 is 1.18 bits per heavy atom. The van der Waals surface area contributed by atoms with Crippen molar-refractivity contribution in [3.05, 3.63) is 42.6 Å². The Morgan fingerprint density at radius 2 is 1.86 bits per heavy atom. The van der Waals surface area contributed by atoms with Crippen LogP contribution in [-0.2, 0) is 0 Å². The molecular formula is C15H14F2N4O. The molecule has 22 heavy (non-hydrogen) atoms. The van der Waals surface area contributed by atoms with Crippen molar-refractivity contribution in [1.29, 1.82) is 0 Å². The molecule has 0 spiro atoms. The summed E-state index contributed by atoms with van der Waals surface area (Å²) in [6, 6.07) is 3.22. The van der Waals surface area contributed by atoms with Gasteiger partial charge < -0.3 is 4.90 Å². The summed E-state index contributed by atoms with van der Waals surface area (Å²) in [5.74, 6) is -2.92. The molecule has 7 heteroatoms. The van der Waals surface area contributed by atoms with Crippen molar-refractivity contribution in [1.82, 2.24) is 19.9 Å². The van der Waals surface area contributed by atoms with E-state index in [1.165, 1.54) is 17.4 Å². The van der Waals surface area contributed by atoms with E-state index < -0.39 is 5.92 Å². The molecule has 3 rings (SSSR count). The van der Waals surface area contributed by atoms with Crippen molar-refractivity contribution in [2.24, 2.45) is 0 Å². The van der Waals surface area contributed by atoms with Gasteiger partial charge in [-0.2, -0.15) is 0 Å². The first kappa shape index (κ1) is 14.5. The molecule has 1 aliphatic heterocycles. The largest absolute Gasteiger partial charge is 0.338 e. The number of carbonyl (C=O) groups is 1. The van der Waals surface area contributed by atoms with Gasteiger partial charge in [-0.1, -0.05) is 0 Å². The lowest BCUT2D eigenvalue weighted by Crippen LogP contribution is -2.42. The number of carbonyl (C=O) groups excluding carboxylic acids is 1. The minimum absolute atomic E-state index is 0.0674. The standard InChI is InChI=1S/C15H14F2N4O/c16-15(17)2-5-21(6-3-15)14(22)11-1-4-20-13(7-11)12-8-18-10-19-9-12/h1,4,7-10H,2-3,5-6H2. The van der Waals surface area contributed by atoms with E-state index in [1.54, 1.807) is 24.5 Å². The SMILES string of the molecule is O=C(c1ccnc(-c2cncnc2)c1)N1CCC(F)(F)CC1. The van der Waals surface area contributed by atoms with Crippen LogP contribution in [-0.4, -0.2) is 44.8 Å². The smallest absolute Gasteiger partial charge is 0.253 e. The van der Waals surface area contributed by atoms with Crippen molar-refractivity contribution >= 4 is 5.91 Å². The number of nitrogens with zero attached hydrogens (tertiary/aromatic N) is 4. The fourth-order valence-electron chi connectivity index (χ4n) is 2.37. The lowest BCUT2D eigenvalue weighted by Gasteiger charge is -2.31. The Bertz CT molecular complexity index is 668. The molecule has 0 N–H and O–H groups in total. The van der Waals surface area contributed by atoms with Crippen LogP contribution in [0.5, 0.6) is 0 Å². The zero-order chi connectivity index (χ0) is 15.6. The minimum Gasteiger partial charge on any atom is -0.338 e. The third-order valence-electron chi connectivity index (χ3n) is 3.65. The molecule has 1 saturated heterocycles. The zero-order valence-corrected chi connectivity index (χ0v) is 11.7. The molecule has 114 valence electrons. The van der Waals surface area contributed by atoms with E-state index in [0.717, 1.165) is 0 Å². The molecule has 0 aromatic carbocycles. The number of pyridine rings is 1. The summed E-state index contributed by atoms with van der Waals surface area (Å²) in [6.45, 7) is 0.135. The number of hydrogen-bond donors (Lipinski definition) is 0. The molecule has 1 fully saturated rings. The quantitative estimate of drug-likeness (QED) is 0.855. The maximum Gasteiger partial charge on any atom is 0.253 e. The fraction of sp³-hybridized carbons (Fsp3) is 0.333. The Labute approximate surface area is 126 Å². The van der Waals surface area contributed by atoms with Gasteiger partial charge in [-0.25, -0.2) is 18.7 Å². The van der Waals surface area contributed by atoms with Gasteiger partial charge in [0.2, 0.25) is 0 Å². The topological polar surface area (TPSA) is 59.0 Å². The fourth-order valence-corrected chi connectivity index (χ4v) is 2.37. The van der Waals surface area contributed by atoms with Gasteiger partial charge in [0.15, 0.2) is 0 Å². The number of likely N-dealkylation sites (tertiary alicyclic amines) is 1. The second-order valence-electron chi connectivity index (χ2n) is 5.21. The highest BCUT2D eigenvalue weighted by molar-refractivity contribution is 5.95. The van der Waals surface area contributed by atoms with Crippen LogP contribution in [0.4, 0.5) is 8.78 Å². The number of hydrogen-bond acceptors (Lipinski definition) is 4. The highest BCUT2D eigenvalue weighted by Gasteiger charge is 2.35. The molecule has 0 aliphatic carbocycles. The van der Waals surface area contributed by atoms with Crippen molar-refractivity contribution in [2.75, 3.05) is 13.1 Å². The Balaban J connectivity index is 1.79. The maximum atomic E-state index is 13.2. The van der Waals surface area contributed by atoms with Gasteiger partial charge in [0.05, 0.1) is 5.69 Å². The van der Waals surface area contributed by atoms with E-state index in [2.05, 4.69) is 15.0 Å². The van der Waals surface area contributed by atoms with Gasteiger partial charge in [0, 0.05) is 55.6 Å². The van der Waals surface area contributed by atoms with E-state index in [9.17, 15) is 13.6 Å². The molecule has 0 unspecified atom stereocenters. The van der Waals surface area contributed by atoms with Crippen LogP contribution in [0.3, 0.4) is 0 Å². The zero-order valence-electron chi connectivity index (χ0n) is 11.7. The Kier molecular flexibility index (Phi) is 3.79. The highest BCUT2D eigenvalue weighted by atomic mass is 19.3. The summed E-state index contributed by atoms with van der Waals surface area (Å²) in [5, 5.41) is 0. The molecular weight excluding hydrogens is 290 g/mol. The summed E-state index contributed by atoms with van der Waals surface area (Å²) in [5.41, 5.74) is 1.70. The molecule has 3 heterocycles. The van der Waals surface area contributed by atoms with Crippen LogP contribution in [0.25, 0.3) is 11.3 Å². The summed E-state index contributed by atoms with van der Waals surface area (Å²) in [7, 11) is 0. The Morgan fingerprint density at radius 3 is 2.55 bits per heavy atom. The van der Waals surface area contributed by atoms with Crippen molar-refractivity contribution in [3.8, 4) is 11.3 Å². The van der Waals surface area contributed by atoms with E-state index >= 15 is 0 Å². The Hall–Kier alpha value is -2.44. The van der Waals surface area contributed by atoms with Crippen molar-refractivity contribution in [3.63, 3.8) is 0 Å². The van der Waals surface area contributed by atoms with Gasteiger partial charge in [-0.3, -0.25) is 9.78 Å². The van der Waals surface area contributed by atoms with Crippen LogP contribution >= 0.6 is 0 Å². The molecule has 0 saturated carbocycles. The van der Waals surface area contributed by atoms with Crippen LogP contribution in [0, 0.1) is 0 Å². The van der Waals surface area contributed by atoms with Gasteiger partial charge in [-0.15, -0.1) is 0 Å². The van der Waals surface area contributed by atoms with Crippen LogP contribution in [0.2, 0.25) is 0 Å². The molecule has 0 bridgehead atoms. The monoisotopic (exact) mass is 304 g/mol. The first-order chi connectivity index (χ1) is 10.6. The third kappa shape index (κ3) is 3.08. The molecule has 5 nitrogen and oxygen atoms in total. The second kappa shape index (κ2) is 5.75. The third-order valence-corrected chi connectivity index (χ3v) is 3.65. The lowest BCUT2D eigenvalue weighted by atomic mass is 10.1. The van der Waals surface area contributed by atoms with Gasteiger partial charge >= 0.3 is 0 Å². The summed E-state index contributed by atoms with van der Waals surface area (Å²) >= 11 is 0. The minimum atomic E-state index is -2.67. The van der Waals surface area contributed by atoms with Crippen LogP contribution in [0.15, 0.2) is 37.1 Å². The summed E-state index contributed by atoms with van der Waals surface area (Å²) in [4.78, 5) is 25.9. The lowest BCUT2D eigenvalue weighted by molar-refractivity contribution is -0.0494. The average Bonchev–Trinajstić information content (AvgIpc) is 2.55. The van der Waals surface area contributed by atoms with Gasteiger partial charge in [0.25, 0.3) is 11.8 Å². The van der Waals surface area contributed by atoms with Crippen LogP contribution in [0.1, 0.15) is 23.2 Å². The molecule has 1 amide bonds. The maximum absolute atomic E-state index is 13.2. The number of piperidine rings is 1. The van der Waals surface area contributed by atoms with Crippen molar-refractivity contribution in [2.45, 2.75) is 18.8 Å². The molecule has 1 aliphatic rings. The number of aromatic nitrogens is 3. The predicted octanol–water partition coefficient (Wildman–Crippen LogP) is 2.41. The predicted molar refractivity (Wildman–Crippen MR) is 75.3 cm³/mol. The van der Waals surface area contributed by atoms with E-state index in [-0.39, 0.29) is 31.8 Å². The molecule has 2 aromatic heterocycles.